The van der Waals surface area contributed by atoms with Crippen LogP contribution in [-0.2, 0) is 9.53 Å². The van der Waals surface area contributed by atoms with Crippen LogP contribution in [0.2, 0.25) is 0 Å². The lowest BCUT2D eigenvalue weighted by atomic mass is 10.4. The van der Waals surface area contributed by atoms with E-state index in [0.29, 0.717) is 4.63 Å². The molecule has 0 spiro atoms. The number of esters is 1. The van der Waals surface area contributed by atoms with E-state index in [2.05, 4.69) is 36.4 Å². The van der Waals surface area contributed by atoms with E-state index in [1.54, 1.807) is 0 Å². The zero-order valence-corrected chi connectivity index (χ0v) is 18.9. The van der Waals surface area contributed by atoms with Crippen LogP contribution in [-0.4, -0.2) is 17.7 Å². The van der Waals surface area contributed by atoms with Crippen LogP contribution < -0.4 is 15.9 Å². The SMILES string of the molecule is COC(=O)C(Sc1ccccc1)=P(c1ccccc1)(c1ccccc1)c1ccccc1. The molecule has 0 radical (unpaired) electrons. The van der Waals surface area contributed by atoms with E-state index in [4.69, 9.17) is 4.74 Å². The van der Waals surface area contributed by atoms with Gasteiger partial charge < -0.3 is 4.74 Å². The Hall–Kier alpha value is -3.00. The lowest BCUT2D eigenvalue weighted by Crippen LogP contribution is -2.32. The van der Waals surface area contributed by atoms with Crippen molar-refractivity contribution in [2.75, 3.05) is 7.11 Å². The number of methoxy groups -OCH3 is 1. The molecule has 0 unspecified atom stereocenters. The number of benzene rings is 4. The number of ether oxygens (including phenoxy) is 1. The van der Waals surface area contributed by atoms with E-state index < -0.39 is 6.89 Å². The van der Waals surface area contributed by atoms with Crippen LogP contribution in [0.5, 0.6) is 0 Å². The van der Waals surface area contributed by atoms with E-state index >= 15 is 0 Å². The average Bonchev–Trinajstić information content (AvgIpc) is 2.86. The van der Waals surface area contributed by atoms with Gasteiger partial charge >= 0.3 is 5.97 Å². The fourth-order valence-corrected chi connectivity index (χ4v) is 10.0. The van der Waals surface area contributed by atoms with Gasteiger partial charge in [-0.3, -0.25) is 0 Å². The van der Waals surface area contributed by atoms with Crippen LogP contribution in [0.4, 0.5) is 0 Å². The minimum absolute atomic E-state index is 0.293. The number of thioether (sulfide) groups is 1. The molecule has 0 fully saturated rings. The van der Waals surface area contributed by atoms with E-state index in [9.17, 15) is 4.79 Å². The molecule has 0 aliphatic heterocycles. The second kappa shape index (κ2) is 9.87. The maximum atomic E-state index is 13.4. The second-order valence-electron chi connectivity index (χ2n) is 6.89. The number of carbonyl (C=O) groups is 1. The zero-order chi connectivity index (χ0) is 21.5. The van der Waals surface area contributed by atoms with Gasteiger partial charge in [-0.2, -0.15) is 0 Å². The molecule has 0 N–H and O–H groups in total. The van der Waals surface area contributed by atoms with Crippen molar-refractivity contribution in [3.63, 3.8) is 0 Å². The molecule has 0 bridgehead atoms. The minimum atomic E-state index is -2.50. The van der Waals surface area contributed by atoms with Gasteiger partial charge in [0.05, 0.1) is 7.11 Å². The van der Waals surface area contributed by atoms with Gasteiger partial charge in [0.25, 0.3) is 0 Å². The summed E-state index contributed by atoms with van der Waals surface area (Å²) >= 11 is 1.50. The molecule has 0 aliphatic carbocycles. The highest BCUT2D eigenvalue weighted by atomic mass is 32.2. The Balaban J connectivity index is 2.20. The Morgan fingerprint density at radius 3 is 1.32 bits per heavy atom. The van der Waals surface area contributed by atoms with Crippen molar-refractivity contribution in [3.8, 4) is 0 Å². The topological polar surface area (TPSA) is 26.3 Å². The van der Waals surface area contributed by atoms with Crippen LogP contribution in [0.15, 0.2) is 126 Å². The number of hydrogen-bond acceptors (Lipinski definition) is 3. The Morgan fingerprint density at radius 2 is 0.968 bits per heavy atom. The lowest BCUT2D eigenvalue weighted by Gasteiger charge is -2.31. The number of carbonyl (C=O) groups excluding carboxylic acids is 1. The fourth-order valence-electron chi connectivity index (χ4n) is 3.69. The number of rotatable bonds is 6. The van der Waals surface area contributed by atoms with Gasteiger partial charge in [0.1, 0.15) is 4.63 Å². The smallest absolute Gasteiger partial charge is 0.345 e. The molecule has 4 rings (SSSR count). The first kappa shape index (κ1) is 21.2. The van der Waals surface area contributed by atoms with Gasteiger partial charge in [-0.1, -0.05) is 121 Å². The monoisotopic (exact) mass is 442 g/mol. The minimum Gasteiger partial charge on any atom is -0.465 e. The molecule has 0 atom stereocenters. The van der Waals surface area contributed by atoms with Crippen LogP contribution >= 0.6 is 18.6 Å². The second-order valence-corrected chi connectivity index (χ2v) is 11.6. The zero-order valence-electron chi connectivity index (χ0n) is 17.2. The van der Waals surface area contributed by atoms with Crippen molar-refractivity contribution in [1.29, 1.82) is 0 Å². The van der Waals surface area contributed by atoms with Crippen molar-refractivity contribution in [1.82, 2.24) is 0 Å². The highest BCUT2D eigenvalue weighted by Gasteiger charge is 2.34. The summed E-state index contributed by atoms with van der Waals surface area (Å²) in [5, 5.41) is 3.36. The van der Waals surface area contributed by atoms with Crippen molar-refractivity contribution in [3.05, 3.63) is 121 Å². The third-order valence-corrected chi connectivity index (χ3v) is 11.0. The molecule has 0 saturated carbocycles. The van der Waals surface area contributed by atoms with Crippen LogP contribution in [0.3, 0.4) is 0 Å². The van der Waals surface area contributed by atoms with Crippen LogP contribution in [0, 0.1) is 0 Å². The average molecular weight is 443 g/mol. The molecule has 0 aliphatic rings. The quantitative estimate of drug-likeness (QED) is 0.237. The van der Waals surface area contributed by atoms with Gasteiger partial charge in [0.2, 0.25) is 0 Å². The molecular weight excluding hydrogens is 419 g/mol. The summed E-state index contributed by atoms with van der Waals surface area (Å²) in [6.45, 7) is -2.50. The first-order chi connectivity index (χ1) is 15.3. The molecule has 31 heavy (non-hydrogen) atoms. The van der Waals surface area contributed by atoms with Gasteiger partial charge in [-0.25, -0.2) is 4.79 Å². The third kappa shape index (κ3) is 4.25. The van der Waals surface area contributed by atoms with E-state index in [-0.39, 0.29) is 5.97 Å². The molecule has 4 aromatic rings. The summed E-state index contributed by atoms with van der Waals surface area (Å²) in [4.78, 5) is 14.4. The molecule has 4 heteroatoms. The molecule has 0 aromatic heterocycles. The van der Waals surface area contributed by atoms with E-state index in [0.717, 1.165) is 20.8 Å². The van der Waals surface area contributed by atoms with Crippen molar-refractivity contribution < 1.29 is 9.53 Å². The Morgan fingerprint density at radius 1 is 0.613 bits per heavy atom. The summed E-state index contributed by atoms with van der Waals surface area (Å²) in [5.41, 5.74) is 0. The predicted octanol–water partition coefficient (Wildman–Crippen LogP) is 5.08. The normalized spacial score (nSPS) is 11.0. The lowest BCUT2D eigenvalue weighted by molar-refractivity contribution is -0.132. The molecule has 0 saturated heterocycles. The molecule has 154 valence electrons. The van der Waals surface area contributed by atoms with Gasteiger partial charge in [-0.05, 0) is 34.9 Å². The highest BCUT2D eigenvalue weighted by Crippen LogP contribution is 2.50. The summed E-state index contributed by atoms with van der Waals surface area (Å²) in [7, 11) is 1.46. The molecular formula is C27H23O2PS. The van der Waals surface area contributed by atoms with Crippen molar-refractivity contribution in [2.24, 2.45) is 0 Å². The summed E-state index contributed by atoms with van der Waals surface area (Å²) in [6, 6.07) is 41.1. The first-order valence-electron chi connectivity index (χ1n) is 10.0. The van der Waals surface area contributed by atoms with Gasteiger partial charge in [0, 0.05) is 4.90 Å². The Kier molecular flexibility index (Phi) is 6.76. The van der Waals surface area contributed by atoms with Crippen molar-refractivity contribution >= 4 is 45.2 Å². The molecule has 4 aromatic carbocycles. The summed E-state index contributed by atoms with van der Waals surface area (Å²) in [6.07, 6.45) is 0. The van der Waals surface area contributed by atoms with Gasteiger partial charge in [-0.15, -0.1) is 0 Å². The maximum Gasteiger partial charge on any atom is 0.345 e. The largest absolute Gasteiger partial charge is 0.465 e. The fraction of sp³-hybridized carbons (Fsp3) is 0.0370. The first-order valence-corrected chi connectivity index (χ1v) is 12.6. The molecule has 0 heterocycles. The molecule has 0 amide bonds. The standard InChI is InChI=1S/C27H23O2PS/c1-29-26(28)27(31-25-20-12-5-13-21-25)30(22-14-6-2-7-15-22,23-16-8-3-9-17-23)24-18-10-4-11-19-24/h2-21H,1H3. The predicted molar refractivity (Wildman–Crippen MR) is 134 cm³/mol. The van der Waals surface area contributed by atoms with E-state index in [1.807, 2.05) is 84.9 Å². The Bertz CT molecular complexity index is 1090. The van der Waals surface area contributed by atoms with E-state index in [1.165, 1.54) is 18.9 Å². The van der Waals surface area contributed by atoms with Crippen molar-refractivity contribution in [2.45, 2.75) is 4.90 Å². The van der Waals surface area contributed by atoms with Crippen LogP contribution in [0.25, 0.3) is 0 Å². The Labute approximate surface area is 187 Å². The summed E-state index contributed by atoms with van der Waals surface area (Å²) in [5.74, 6) is -0.293. The third-order valence-electron chi connectivity index (χ3n) is 5.05. The highest BCUT2D eigenvalue weighted by molar-refractivity contribution is 8.27. The van der Waals surface area contributed by atoms with Gasteiger partial charge in [0.15, 0.2) is 0 Å². The molecule has 2 nitrogen and oxygen atoms in total. The summed E-state index contributed by atoms with van der Waals surface area (Å²) < 4.78 is 6.10. The maximum absolute atomic E-state index is 13.4. The van der Waals surface area contributed by atoms with Crippen LogP contribution in [0.1, 0.15) is 0 Å². The number of hydrogen-bond donors (Lipinski definition) is 0.